The number of alkyl halides is 3. The van der Waals surface area contributed by atoms with Gasteiger partial charge < -0.3 is 14.8 Å². The van der Waals surface area contributed by atoms with Crippen molar-refractivity contribution in [2.45, 2.75) is 32.5 Å². The van der Waals surface area contributed by atoms with E-state index in [1.807, 2.05) is 0 Å². The van der Waals surface area contributed by atoms with Gasteiger partial charge in [0.15, 0.2) is 6.61 Å². The lowest BCUT2D eigenvalue weighted by atomic mass is 10.1. The first-order valence-corrected chi connectivity index (χ1v) is 10.4. The van der Waals surface area contributed by atoms with E-state index in [0.717, 1.165) is 6.07 Å². The molecule has 0 aliphatic rings. The summed E-state index contributed by atoms with van der Waals surface area (Å²) in [6, 6.07) is 7.90. The zero-order valence-electron chi connectivity index (χ0n) is 18.7. The number of hydrogen-bond donors (Lipinski definition) is 2. The Balaban J connectivity index is 1.92. The number of benzene rings is 1. The van der Waals surface area contributed by atoms with Crippen LogP contribution in [0.1, 0.15) is 20.8 Å². The van der Waals surface area contributed by atoms with Gasteiger partial charge in [0.1, 0.15) is 22.9 Å². The van der Waals surface area contributed by atoms with Gasteiger partial charge in [0.05, 0.1) is 5.69 Å². The van der Waals surface area contributed by atoms with Gasteiger partial charge in [-0.1, -0.05) is 11.6 Å². The first-order valence-electron chi connectivity index (χ1n) is 10.0. The molecule has 8 nitrogen and oxygen atoms in total. The summed E-state index contributed by atoms with van der Waals surface area (Å²) in [5.41, 5.74) is -0.508. The van der Waals surface area contributed by atoms with Crippen molar-refractivity contribution in [1.29, 1.82) is 0 Å². The Kier molecular flexibility index (Phi) is 7.64. The number of anilines is 3. The number of nitrogens with zero attached hydrogens (tertiary/aromatic N) is 3. The lowest BCUT2D eigenvalue weighted by Gasteiger charge is -2.19. The predicted octanol–water partition coefficient (Wildman–Crippen LogP) is 6.36. The van der Waals surface area contributed by atoms with Crippen LogP contribution in [-0.2, 0) is 4.74 Å². The number of halogens is 5. The largest absolute Gasteiger partial charge is 0.465 e. The number of carbonyl (C=O) groups excluding carboxylic acids is 1. The summed E-state index contributed by atoms with van der Waals surface area (Å²) in [6.45, 7) is 3.45. The fourth-order valence-electron chi connectivity index (χ4n) is 2.69. The second-order valence-electron chi connectivity index (χ2n) is 8.16. The van der Waals surface area contributed by atoms with Crippen LogP contribution >= 0.6 is 11.6 Å². The molecule has 0 bridgehead atoms. The smallest absolute Gasteiger partial charge is 0.422 e. The van der Waals surface area contributed by atoms with E-state index in [1.54, 1.807) is 20.8 Å². The minimum Gasteiger partial charge on any atom is -0.465 e. The SMILES string of the molecule is CC(C)(C)OC(=O)Nc1cc(Nc2cc(-c3cc(Cl)ccc3F)nnc2OCC(F)(F)F)ccn1. The van der Waals surface area contributed by atoms with Crippen LogP contribution in [0.2, 0.25) is 5.02 Å². The van der Waals surface area contributed by atoms with Gasteiger partial charge in [-0.3, -0.25) is 5.32 Å². The number of rotatable bonds is 6. The Labute approximate surface area is 202 Å². The first kappa shape index (κ1) is 25.9. The van der Waals surface area contributed by atoms with Gasteiger partial charge in [-0.2, -0.15) is 13.2 Å². The summed E-state index contributed by atoms with van der Waals surface area (Å²) in [5.74, 6) is -1.04. The third kappa shape index (κ3) is 7.95. The van der Waals surface area contributed by atoms with Crippen LogP contribution in [0.25, 0.3) is 11.3 Å². The third-order valence-corrected chi connectivity index (χ3v) is 4.24. The average Bonchev–Trinajstić information content (AvgIpc) is 2.73. The second kappa shape index (κ2) is 10.3. The van der Waals surface area contributed by atoms with E-state index < -0.39 is 36.2 Å². The normalized spacial score (nSPS) is 11.7. The minimum absolute atomic E-state index is 0.00646. The zero-order chi connectivity index (χ0) is 25.8. The van der Waals surface area contributed by atoms with E-state index in [-0.39, 0.29) is 27.8 Å². The topological polar surface area (TPSA) is 98.3 Å². The molecule has 2 aromatic heterocycles. The van der Waals surface area contributed by atoms with Crippen LogP contribution in [0.5, 0.6) is 5.88 Å². The number of carbonyl (C=O) groups is 1. The van der Waals surface area contributed by atoms with Crippen LogP contribution < -0.4 is 15.4 Å². The highest BCUT2D eigenvalue weighted by molar-refractivity contribution is 6.30. The molecule has 13 heteroatoms. The molecule has 0 aliphatic heterocycles. The number of pyridine rings is 1. The predicted molar refractivity (Wildman–Crippen MR) is 121 cm³/mol. The van der Waals surface area contributed by atoms with Crippen molar-refractivity contribution in [3.8, 4) is 17.1 Å². The standard InChI is InChI=1S/C22H20ClF4N5O3/c1-21(2,3)35-20(33)30-18-9-13(6-7-28-18)29-17-10-16(14-8-12(23)4-5-15(14)24)31-32-19(17)34-11-22(25,26)27/h4-10H,11H2,1-3H3,(H2,28,29,30,31,33). The van der Waals surface area contributed by atoms with Crippen molar-refractivity contribution >= 4 is 34.9 Å². The van der Waals surface area contributed by atoms with Crippen LogP contribution in [0.4, 0.5) is 39.5 Å². The van der Waals surface area contributed by atoms with E-state index in [1.165, 1.54) is 36.5 Å². The molecule has 3 rings (SSSR count). The van der Waals surface area contributed by atoms with Crippen molar-refractivity contribution < 1.29 is 31.8 Å². The summed E-state index contributed by atoms with van der Waals surface area (Å²) in [5, 5.41) is 13.0. The quantitative estimate of drug-likeness (QED) is 0.370. The molecular formula is C22H20ClF4N5O3. The van der Waals surface area contributed by atoms with Gasteiger partial charge in [0.2, 0.25) is 0 Å². The molecule has 186 valence electrons. The van der Waals surface area contributed by atoms with Crippen LogP contribution in [0.3, 0.4) is 0 Å². The highest BCUT2D eigenvalue weighted by Crippen LogP contribution is 2.32. The molecule has 0 spiro atoms. The number of ether oxygens (including phenoxy) is 2. The molecule has 0 saturated carbocycles. The molecule has 0 unspecified atom stereocenters. The summed E-state index contributed by atoms with van der Waals surface area (Å²) in [7, 11) is 0. The van der Waals surface area contributed by atoms with Gasteiger partial charge in [-0.15, -0.1) is 10.2 Å². The van der Waals surface area contributed by atoms with E-state index in [2.05, 4.69) is 25.8 Å². The van der Waals surface area contributed by atoms with Crippen LogP contribution in [-0.4, -0.2) is 39.7 Å². The van der Waals surface area contributed by atoms with Crippen LogP contribution in [0, 0.1) is 5.82 Å². The highest BCUT2D eigenvalue weighted by Gasteiger charge is 2.29. The fourth-order valence-corrected chi connectivity index (χ4v) is 2.86. The molecule has 2 heterocycles. The summed E-state index contributed by atoms with van der Waals surface area (Å²) in [4.78, 5) is 16.0. The van der Waals surface area contributed by atoms with Gasteiger partial charge in [0.25, 0.3) is 5.88 Å². The molecule has 35 heavy (non-hydrogen) atoms. The zero-order valence-corrected chi connectivity index (χ0v) is 19.5. The Hall–Kier alpha value is -3.67. The monoisotopic (exact) mass is 513 g/mol. The third-order valence-electron chi connectivity index (χ3n) is 4.00. The number of hydrogen-bond acceptors (Lipinski definition) is 7. The van der Waals surface area contributed by atoms with Crippen molar-refractivity contribution in [1.82, 2.24) is 15.2 Å². The Morgan fingerprint density at radius 2 is 1.83 bits per heavy atom. The van der Waals surface area contributed by atoms with E-state index in [4.69, 9.17) is 21.1 Å². The molecule has 2 N–H and O–H groups in total. The second-order valence-corrected chi connectivity index (χ2v) is 8.59. The molecule has 0 aliphatic carbocycles. The average molecular weight is 514 g/mol. The molecule has 0 fully saturated rings. The molecular weight excluding hydrogens is 494 g/mol. The maximum absolute atomic E-state index is 14.3. The van der Waals surface area contributed by atoms with E-state index in [0.29, 0.717) is 5.69 Å². The molecule has 1 aromatic carbocycles. The Morgan fingerprint density at radius 1 is 1.09 bits per heavy atom. The summed E-state index contributed by atoms with van der Waals surface area (Å²) >= 11 is 5.93. The number of nitrogens with one attached hydrogen (secondary N) is 2. The lowest BCUT2D eigenvalue weighted by molar-refractivity contribution is -0.154. The van der Waals surface area contributed by atoms with Crippen molar-refractivity contribution in [3.63, 3.8) is 0 Å². The molecule has 0 saturated heterocycles. The van der Waals surface area contributed by atoms with Gasteiger partial charge in [0, 0.05) is 28.5 Å². The first-order chi connectivity index (χ1) is 16.3. The maximum atomic E-state index is 14.3. The molecule has 0 atom stereocenters. The summed E-state index contributed by atoms with van der Waals surface area (Å²) in [6.07, 6.45) is -4.03. The van der Waals surface area contributed by atoms with Crippen molar-refractivity contribution in [2.75, 3.05) is 17.2 Å². The minimum atomic E-state index is -4.63. The maximum Gasteiger partial charge on any atom is 0.422 e. The lowest BCUT2D eigenvalue weighted by Crippen LogP contribution is -2.27. The van der Waals surface area contributed by atoms with Crippen molar-refractivity contribution in [3.05, 3.63) is 53.4 Å². The van der Waals surface area contributed by atoms with Gasteiger partial charge >= 0.3 is 12.3 Å². The number of aromatic nitrogens is 3. The number of amides is 1. The summed E-state index contributed by atoms with van der Waals surface area (Å²) < 4.78 is 62.4. The van der Waals surface area contributed by atoms with Crippen LogP contribution in [0.15, 0.2) is 42.6 Å². The Morgan fingerprint density at radius 3 is 2.51 bits per heavy atom. The highest BCUT2D eigenvalue weighted by atomic mass is 35.5. The molecule has 1 amide bonds. The van der Waals surface area contributed by atoms with Gasteiger partial charge in [-0.05, 0) is 51.1 Å². The molecule has 0 radical (unpaired) electrons. The van der Waals surface area contributed by atoms with E-state index >= 15 is 0 Å². The van der Waals surface area contributed by atoms with Crippen molar-refractivity contribution in [2.24, 2.45) is 0 Å². The van der Waals surface area contributed by atoms with E-state index in [9.17, 15) is 22.4 Å². The van der Waals surface area contributed by atoms with Gasteiger partial charge in [-0.25, -0.2) is 14.2 Å². The molecule has 3 aromatic rings. The Bertz CT molecular complexity index is 1220. The fraction of sp³-hybridized carbons (Fsp3) is 0.273.